The van der Waals surface area contributed by atoms with Gasteiger partial charge in [-0.25, -0.2) is 4.98 Å². The van der Waals surface area contributed by atoms with E-state index in [1.807, 2.05) is 6.20 Å². The average Bonchev–Trinajstić information content (AvgIpc) is 2.84. The van der Waals surface area contributed by atoms with E-state index in [9.17, 15) is 0 Å². The molecule has 1 aliphatic heterocycles. The molecule has 5 heteroatoms. The van der Waals surface area contributed by atoms with Gasteiger partial charge in [-0.2, -0.15) is 0 Å². The van der Waals surface area contributed by atoms with E-state index in [1.165, 1.54) is 4.88 Å². The molecule has 0 amide bonds. The molecule has 0 aromatic carbocycles. The van der Waals surface area contributed by atoms with E-state index in [-0.39, 0.29) is 5.54 Å². The van der Waals surface area contributed by atoms with Gasteiger partial charge in [0.1, 0.15) is 0 Å². The van der Waals surface area contributed by atoms with Crippen LogP contribution in [-0.4, -0.2) is 36.8 Å². The summed E-state index contributed by atoms with van der Waals surface area (Å²) in [6, 6.07) is 0.573. The number of nitrogens with zero attached hydrogens (tertiary/aromatic N) is 2. The van der Waals surface area contributed by atoms with Gasteiger partial charge in [-0.05, 0) is 33.6 Å². The standard InChI is InChI=1S/C14H25N3OS/c1-14(2,3)16-10-12-9-15-13(19-12)17(4)11-5-7-18-8-6-11/h9,11,16H,5-8,10H2,1-4H3. The first-order valence-corrected chi connectivity index (χ1v) is 7.78. The van der Waals surface area contributed by atoms with Gasteiger partial charge >= 0.3 is 0 Å². The van der Waals surface area contributed by atoms with E-state index in [0.29, 0.717) is 6.04 Å². The molecule has 1 saturated heterocycles. The summed E-state index contributed by atoms with van der Waals surface area (Å²) in [4.78, 5) is 8.16. The molecule has 19 heavy (non-hydrogen) atoms. The van der Waals surface area contributed by atoms with Crippen molar-refractivity contribution in [1.29, 1.82) is 0 Å². The smallest absolute Gasteiger partial charge is 0.185 e. The summed E-state index contributed by atoms with van der Waals surface area (Å²) in [6.07, 6.45) is 4.20. The maximum atomic E-state index is 5.41. The molecule has 1 fully saturated rings. The molecule has 2 heterocycles. The third-order valence-electron chi connectivity index (χ3n) is 3.37. The summed E-state index contributed by atoms with van der Waals surface area (Å²) < 4.78 is 5.41. The summed E-state index contributed by atoms with van der Waals surface area (Å²) in [7, 11) is 2.15. The van der Waals surface area contributed by atoms with Gasteiger partial charge in [-0.15, -0.1) is 11.3 Å². The number of hydrogen-bond donors (Lipinski definition) is 1. The number of aromatic nitrogens is 1. The van der Waals surface area contributed by atoms with E-state index in [2.05, 4.69) is 43.0 Å². The minimum Gasteiger partial charge on any atom is -0.381 e. The van der Waals surface area contributed by atoms with Crippen molar-refractivity contribution in [2.45, 2.75) is 51.7 Å². The fraction of sp³-hybridized carbons (Fsp3) is 0.786. The van der Waals surface area contributed by atoms with E-state index < -0.39 is 0 Å². The van der Waals surface area contributed by atoms with Crippen LogP contribution in [0.3, 0.4) is 0 Å². The SMILES string of the molecule is CN(c1ncc(CNC(C)(C)C)s1)C1CCOCC1. The van der Waals surface area contributed by atoms with Crippen molar-refractivity contribution in [3.8, 4) is 0 Å². The molecule has 0 spiro atoms. The third kappa shape index (κ3) is 4.44. The lowest BCUT2D eigenvalue weighted by Crippen LogP contribution is -2.36. The van der Waals surface area contributed by atoms with Crippen molar-refractivity contribution >= 4 is 16.5 Å². The Kier molecular flexibility index (Phi) is 4.81. The maximum Gasteiger partial charge on any atom is 0.185 e. The number of hydrogen-bond acceptors (Lipinski definition) is 5. The number of rotatable bonds is 4. The Hall–Kier alpha value is -0.650. The first-order valence-electron chi connectivity index (χ1n) is 6.96. The van der Waals surface area contributed by atoms with Crippen LogP contribution in [0.2, 0.25) is 0 Å². The lowest BCUT2D eigenvalue weighted by molar-refractivity contribution is 0.0855. The highest BCUT2D eigenvalue weighted by atomic mass is 32.1. The van der Waals surface area contributed by atoms with Crippen LogP contribution in [0.5, 0.6) is 0 Å². The van der Waals surface area contributed by atoms with E-state index in [4.69, 9.17) is 4.74 Å². The van der Waals surface area contributed by atoms with Gasteiger partial charge in [0.15, 0.2) is 5.13 Å². The van der Waals surface area contributed by atoms with E-state index in [0.717, 1.165) is 37.7 Å². The highest BCUT2D eigenvalue weighted by molar-refractivity contribution is 7.15. The zero-order valence-corrected chi connectivity index (χ0v) is 13.2. The van der Waals surface area contributed by atoms with Crippen molar-refractivity contribution < 1.29 is 4.74 Å². The van der Waals surface area contributed by atoms with Crippen molar-refractivity contribution in [1.82, 2.24) is 10.3 Å². The average molecular weight is 283 g/mol. The van der Waals surface area contributed by atoms with Crippen LogP contribution in [0, 0.1) is 0 Å². The Morgan fingerprint density at radius 2 is 2.11 bits per heavy atom. The van der Waals surface area contributed by atoms with Crippen LogP contribution in [0.4, 0.5) is 5.13 Å². The minimum absolute atomic E-state index is 0.150. The molecule has 0 unspecified atom stereocenters. The Morgan fingerprint density at radius 3 is 2.74 bits per heavy atom. The Morgan fingerprint density at radius 1 is 1.42 bits per heavy atom. The summed E-state index contributed by atoms with van der Waals surface area (Å²) >= 11 is 1.79. The monoisotopic (exact) mass is 283 g/mol. The molecule has 1 aromatic heterocycles. The molecule has 0 radical (unpaired) electrons. The highest BCUT2D eigenvalue weighted by Crippen LogP contribution is 2.26. The van der Waals surface area contributed by atoms with Gasteiger partial charge in [0.2, 0.25) is 0 Å². The molecule has 0 aliphatic carbocycles. The fourth-order valence-electron chi connectivity index (χ4n) is 2.12. The van der Waals surface area contributed by atoms with Gasteiger partial charge in [0, 0.05) is 49.5 Å². The summed E-state index contributed by atoms with van der Waals surface area (Å²) in [5.74, 6) is 0. The van der Waals surface area contributed by atoms with Gasteiger partial charge in [0.25, 0.3) is 0 Å². The predicted molar refractivity (Wildman–Crippen MR) is 81.0 cm³/mol. The molecule has 0 atom stereocenters. The molecular formula is C14H25N3OS. The largest absolute Gasteiger partial charge is 0.381 e. The second-order valence-electron chi connectivity index (χ2n) is 6.17. The topological polar surface area (TPSA) is 37.4 Å². The molecule has 0 bridgehead atoms. The predicted octanol–water partition coefficient (Wildman–Crippen LogP) is 2.65. The number of nitrogens with one attached hydrogen (secondary N) is 1. The van der Waals surface area contributed by atoms with Crippen LogP contribution < -0.4 is 10.2 Å². The molecule has 108 valence electrons. The van der Waals surface area contributed by atoms with Crippen LogP contribution in [0.15, 0.2) is 6.20 Å². The number of anilines is 1. The maximum absolute atomic E-state index is 5.41. The Bertz CT molecular complexity index is 394. The van der Waals surface area contributed by atoms with Crippen LogP contribution in [0.25, 0.3) is 0 Å². The molecule has 1 N–H and O–H groups in total. The second-order valence-corrected chi connectivity index (χ2v) is 7.26. The third-order valence-corrected chi connectivity index (χ3v) is 4.46. The van der Waals surface area contributed by atoms with Gasteiger partial charge in [-0.1, -0.05) is 0 Å². The quantitative estimate of drug-likeness (QED) is 0.922. The second kappa shape index (κ2) is 6.20. The molecule has 1 aromatic rings. The zero-order valence-electron chi connectivity index (χ0n) is 12.4. The van der Waals surface area contributed by atoms with Crippen molar-refractivity contribution in [2.75, 3.05) is 25.2 Å². The molecule has 2 rings (SSSR count). The van der Waals surface area contributed by atoms with Crippen molar-refractivity contribution in [3.63, 3.8) is 0 Å². The number of ether oxygens (including phenoxy) is 1. The lowest BCUT2D eigenvalue weighted by Gasteiger charge is -2.30. The first-order chi connectivity index (χ1) is 8.96. The van der Waals surface area contributed by atoms with Crippen LogP contribution >= 0.6 is 11.3 Å². The van der Waals surface area contributed by atoms with Crippen molar-refractivity contribution in [2.24, 2.45) is 0 Å². The highest BCUT2D eigenvalue weighted by Gasteiger charge is 2.21. The molecule has 4 nitrogen and oxygen atoms in total. The lowest BCUT2D eigenvalue weighted by atomic mass is 10.1. The van der Waals surface area contributed by atoms with Crippen LogP contribution in [-0.2, 0) is 11.3 Å². The van der Waals surface area contributed by atoms with Crippen molar-refractivity contribution in [3.05, 3.63) is 11.1 Å². The number of thiazole rings is 1. The summed E-state index contributed by atoms with van der Waals surface area (Å²) in [6.45, 7) is 9.19. The Labute approximate surface area is 120 Å². The molecule has 0 saturated carbocycles. The van der Waals surface area contributed by atoms with Gasteiger partial charge in [0.05, 0.1) is 0 Å². The molecule has 1 aliphatic rings. The van der Waals surface area contributed by atoms with E-state index >= 15 is 0 Å². The normalized spacial score (nSPS) is 17.7. The Balaban J connectivity index is 1.92. The van der Waals surface area contributed by atoms with Gasteiger partial charge < -0.3 is 15.0 Å². The zero-order chi connectivity index (χ0) is 13.9. The fourth-order valence-corrected chi connectivity index (χ4v) is 3.01. The van der Waals surface area contributed by atoms with Crippen LogP contribution in [0.1, 0.15) is 38.5 Å². The van der Waals surface area contributed by atoms with E-state index in [1.54, 1.807) is 11.3 Å². The molecular weight excluding hydrogens is 258 g/mol. The minimum atomic E-state index is 0.150. The first kappa shape index (κ1) is 14.8. The summed E-state index contributed by atoms with van der Waals surface area (Å²) in [5.41, 5.74) is 0.150. The van der Waals surface area contributed by atoms with Gasteiger partial charge in [-0.3, -0.25) is 0 Å². The summed E-state index contributed by atoms with van der Waals surface area (Å²) in [5, 5.41) is 4.62.